The van der Waals surface area contributed by atoms with E-state index < -0.39 is 11.5 Å². The fraction of sp³-hybridized carbons (Fsp3) is 0.150. The molecule has 4 rings (SSSR count). The Bertz CT molecular complexity index is 1160. The van der Waals surface area contributed by atoms with Crippen molar-refractivity contribution in [3.05, 3.63) is 69.5 Å². The normalized spacial score (nSPS) is 12.6. The van der Waals surface area contributed by atoms with Crippen LogP contribution in [0, 0.1) is 11.3 Å². The largest absolute Gasteiger partial charge is 0.506 e. The summed E-state index contributed by atoms with van der Waals surface area (Å²) in [6.07, 6.45) is 1.63. The third kappa shape index (κ3) is 2.33. The molecule has 128 valence electrons. The Morgan fingerprint density at radius 2 is 2.00 bits per heavy atom. The number of benzene rings is 2. The summed E-state index contributed by atoms with van der Waals surface area (Å²) in [4.78, 5) is 25.6. The number of aromatic nitrogens is 1. The number of pyridine rings is 1. The highest BCUT2D eigenvalue weighted by atomic mass is 16.3. The van der Waals surface area contributed by atoms with Crippen molar-refractivity contribution in [2.75, 3.05) is 5.32 Å². The molecule has 0 atom stereocenters. The molecule has 0 saturated heterocycles. The number of nitrogens with zero attached hydrogens (tertiary/aromatic N) is 2. The van der Waals surface area contributed by atoms with Crippen LogP contribution in [0.15, 0.2) is 47.3 Å². The van der Waals surface area contributed by atoms with Crippen molar-refractivity contribution in [2.45, 2.75) is 19.4 Å². The first-order chi connectivity index (χ1) is 12.6. The fourth-order valence-electron chi connectivity index (χ4n) is 3.50. The number of rotatable bonds is 2. The lowest BCUT2D eigenvalue weighted by Gasteiger charge is -2.21. The molecule has 1 amide bonds. The summed E-state index contributed by atoms with van der Waals surface area (Å²) < 4.78 is 1.55. The molecule has 1 aliphatic heterocycles. The van der Waals surface area contributed by atoms with Gasteiger partial charge in [0.15, 0.2) is 0 Å². The van der Waals surface area contributed by atoms with Crippen LogP contribution in [0.2, 0.25) is 0 Å². The average Bonchev–Trinajstić information content (AvgIpc) is 2.66. The van der Waals surface area contributed by atoms with Gasteiger partial charge in [-0.05, 0) is 36.6 Å². The maximum Gasteiger partial charge on any atom is 0.267 e. The van der Waals surface area contributed by atoms with Crippen LogP contribution in [0.5, 0.6) is 5.75 Å². The third-order valence-corrected chi connectivity index (χ3v) is 4.69. The summed E-state index contributed by atoms with van der Waals surface area (Å²) in [5.74, 6) is -1.05. The second-order valence-corrected chi connectivity index (χ2v) is 6.21. The Balaban J connectivity index is 1.89. The van der Waals surface area contributed by atoms with E-state index >= 15 is 0 Å². The van der Waals surface area contributed by atoms with Gasteiger partial charge in [0, 0.05) is 11.9 Å². The van der Waals surface area contributed by atoms with Crippen LogP contribution in [0.4, 0.5) is 5.69 Å². The standard InChI is InChI=1S/C20H15N3O3/c21-11-13-5-1-2-9-15(13)22-19(25)16-18(24)14-8-3-6-12-7-4-10-23(17(12)14)20(16)26/h1-3,5-6,8-9,24H,4,7,10H2,(H,22,25). The van der Waals surface area contributed by atoms with Crippen molar-refractivity contribution in [3.63, 3.8) is 0 Å². The number of para-hydroxylation sites is 2. The average molecular weight is 345 g/mol. The van der Waals surface area contributed by atoms with Crippen LogP contribution >= 0.6 is 0 Å². The summed E-state index contributed by atoms with van der Waals surface area (Å²) in [6.45, 7) is 0.502. The van der Waals surface area contributed by atoms with Gasteiger partial charge in [0.05, 0.1) is 16.8 Å². The zero-order valence-corrected chi connectivity index (χ0v) is 13.8. The van der Waals surface area contributed by atoms with Gasteiger partial charge in [-0.3, -0.25) is 9.59 Å². The number of nitriles is 1. The highest BCUT2D eigenvalue weighted by Crippen LogP contribution is 2.32. The van der Waals surface area contributed by atoms with E-state index in [9.17, 15) is 14.7 Å². The number of aryl methyl sites for hydroxylation is 2. The maximum atomic E-state index is 12.9. The molecule has 6 heteroatoms. The van der Waals surface area contributed by atoms with E-state index in [0.29, 0.717) is 23.1 Å². The van der Waals surface area contributed by atoms with Gasteiger partial charge in [-0.1, -0.05) is 24.3 Å². The molecule has 0 fully saturated rings. The number of amides is 1. The Labute approximate surface area is 148 Å². The smallest absolute Gasteiger partial charge is 0.267 e. The molecular weight excluding hydrogens is 330 g/mol. The lowest BCUT2D eigenvalue weighted by molar-refractivity contribution is 0.102. The molecule has 2 heterocycles. The Hall–Kier alpha value is -3.59. The first-order valence-corrected chi connectivity index (χ1v) is 8.29. The first-order valence-electron chi connectivity index (χ1n) is 8.29. The zero-order valence-electron chi connectivity index (χ0n) is 13.8. The number of hydrogen-bond acceptors (Lipinski definition) is 4. The molecule has 0 radical (unpaired) electrons. The molecule has 0 saturated carbocycles. The number of nitrogens with one attached hydrogen (secondary N) is 1. The van der Waals surface area contributed by atoms with Gasteiger partial charge in [-0.25, -0.2) is 0 Å². The van der Waals surface area contributed by atoms with Crippen LogP contribution < -0.4 is 10.9 Å². The minimum Gasteiger partial charge on any atom is -0.506 e. The molecule has 0 bridgehead atoms. The van der Waals surface area contributed by atoms with Crippen LogP contribution in [0.1, 0.15) is 27.9 Å². The molecule has 0 aliphatic carbocycles. The zero-order chi connectivity index (χ0) is 18.3. The summed E-state index contributed by atoms with van der Waals surface area (Å²) in [7, 11) is 0. The van der Waals surface area contributed by atoms with E-state index in [0.717, 1.165) is 18.4 Å². The molecule has 26 heavy (non-hydrogen) atoms. The molecule has 0 unspecified atom stereocenters. The fourth-order valence-corrected chi connectivity index (χ4v) is 3.50. The number of hydrogen-bond donors (Lipinski definition) is 2. The third-order valence-electron chi connectivity index (χ3n) is 4.69. The number of anilines is 1. The minimum atomic E-state index is -0.725. The van der Waals surface area contributed by atoms with Crippen molar-refractivity contribution < 1.29 is 9.90 Å². The molecular formula is C20H15N3O3. The van der Waals surface area contributed by atoms with Crippen molar-refractivity contribution in [3.8, 4) is 11.8 Å². The summed E-state index contributed by atoms with van der Waals surface area (Å²) in [5.41, 5.74) is 1.44. The Morgan fingerprint density at radius 1 is 1.19 bits per heavy atom. The van der Waals surface area contributed by atoms with E-state index in [4.69, 9.17) is 5.26 Å². The highest BCUT2D eigenvalue weighted by Gasteiger charge is 2.25. The van der Waals surface area contributed by atoms with Gasteiger partial charge in [0.25, 0.3) is 11.5 Å². The molecule has 3 aromatic rings. The highest BCUT2D eigenvalue weighted by molar-refractivity contribution is 6.09. The van der Waals surface area contributed by atoms with E-state index in [-0.39, 0.29) is 16.9 Å². The van der Waals surface area contributed by atoms with E-state index in [1.165, 1.54) is 0 Å². The quantitative estimate of drug-likeness (QED) is 0.746. The van der Waals surface area contributed by atoms with Crippen molar-refractivity contribution >= 4 is 22.5 Å². The molecule has 1 aromatic heterocycles. The second kappa shape index (κ2) is 6.05. The summed E-state index contributed by atoms with van der Waals surface area (Å²) in [6, 6.07) is 13.9. The summed E-state index contributed by atoms with van der Waals surface area (Å²) in [5, 5.41) is 22.9. The summed E-state index contributed by atoms with van der Waals surface area (Å²) >= 11 is 0. The monoisotopic (exact) mass is 345 g/mol. The van der Waals surface area contributed by atoms with Gasteiger partial charge < -0.3 is 15.0 Å². The van der Waals surface area contributed by atoms with Crippen LogP contribution in [0.25, 0.3) is 10.9 Å². The van der Waals surface area contributed by atoms with Gasteiger partial charge in [-0.15, -0.1) is 0 Å². The van der Waals surface area contributed by atoms with E-state index in [2.05, 4.69) is 5.32 Å². The second-order valence-electron chi connectivity index (χ2n) is 6.21. The van der Waals surface area contributed by atoms with Crippen molar-refractivity contribution in [1.82, 2.24) is 4.57 Å². The maximum absolute atomic E-state index is 12.9. The predicted octanol–water partition coefficient (Wildman–Crippen LogP) is 2.78. The Morgan fingerprint density at radius 3 is 2.81 bits per heavy atom. The lowest BCUT2D eigenvalue weighted by atomic mass is 9.99. The first kappa shape index (κ1) is 15.9. The van der Waals surface area contributed by atoms with Crippen molar-refractivity contribution in [2.24, 2.45) is 0 Å². The van der Waals surface area contributed by atoms with Crippen LogP contribution in [-0.4, -0.2) is 15.6 Å². The molecule has 2 N–H and O–H groups in total. The molecule has 0 spiro atoms. The van der Waals surface area contributed by atoms with Crippen LogP contribution in [0.3, 0.4) is 0 Å². The van der Waals surface area contributed by atoms with Gasteiger partial charge in [0.2, 0.25) is 0 Å². The number of aromatic hydroxyl groups is 1. The lowest BCUT2D eigenvalue weighted by Crippen LogP contribution is -2.31. The predicted molar refractivity (Wildman–Crippen MR) is 97.3 cm³/mol. The molecule has 1 aliphatic rings. The minimum absolute atomic E-state index is 0.282. The topological polar surface area (TPSA) is 95.1 Å². The van der Waals surface area contributed by atoms with E-state index in [1.54, 1.807) is 34.9 Å². The Kier molecular flexibility index (Phi) is 3.70. The molecule has 6 nitrogen and oxygen atoms in total. The number of carbonyl (C=O) groups excluding carboxylic acids is 1. The van der Waals surface area contributed by atoms with E-state index in [1.807, 2.05) is 18.2 Å². The van der Waals surface area contributed by atoms with Crippen molar-refractivity contribution in [1.29, 1.82) is 5.26 Å². The van der Waals surface area contributed by atoms with Gasteiger partial charge in [-0.2, -0.15) is 5.26 Å². The van der Waals surface area contributed by atoms with Gasteiger partial charge >= 0.3 is 0 Å². The number of carbonyl (C=O) groups is 1. The molecule has 2 aromatic carbocycles. The SMILES string of the molecule is N#Cc1ccccc1NC(=O)c1c(O)c2cccc3c2n(c1=O)CCC3. The van der Waals surface area contributed by atoms with Crippen LogP contribution in [-0.2, 0) is 13.0 Å². The van der Waals surface area contributed by atoms with Gasteiger partial charge in [0.1, 0.15) is 17.4 Å².